The molecule has 3 rings (SSSR count). The van der Waals surface area contributed by atoms with Gasteiger partial charge in [-0.1, -0.05) is 30.3 Å². The zero-order chi connectivity index (χ0) is 20.1. The molecule has 2 aromatic carbocycles. The molecule has 1 aromatic heterocycles. The van der Waals surface area contributed by atoms with Gasteiger partial charge in [0.05, 0.1) is 11.6 Å². The van der Waals surface area contributed by atoms with Crippen LogP contribution >= 0.6 is 0 Å². The van der Waals surface area contributed by atoms with Gasteiger partial charge >= 0.3 is 6.18 Å². The van der Waals surface area contributed by atoms with Crippen LogP contribution in [0, 0.1) is 0 Å². The van der Waals surface area contributed by atoms with Crippen molar-refractivity contribution < 1.29 is 18.0 Å². The molecule has 8 heteroatoms. The number of anilines is 2. The second-order valence-electron chi connectivity index (χ2n) is 6.07. The van der Waals surface area contributed by atoms with Crippen molar-refractivity contribution in [2.45, 2.75) is 19.1 Å². The summed E-state index contributed by atoms with van der Waals surface area (Å²) in [4.78, 5) is 20.6. The van der Waals surface area contributed by atoms with Crippen LogP contribution in [0.1, 0.15) is 34.6 Å². The molecule has 0 fully saturated rings. The molecular weight excluding hydrogens is 369 g/mol. The average molecular weight is 386 g/mol. The first-order valence-corrected chi connectivity index (χ1v) is 8.46. The average Bonchev–Trinajstić information content (AvgIpc) is 2.68. The van der Waals surface area contributed by atoms with Crippen molar-refractivity contribution >= 4 is 17.5 Å². The predicted molar refractivity (Wildman–Crippen MR) is 99.1 cm³/mol. The highest BCUT2D eigenvalue weighted by atomic mass is 19.4. The van der Waals surface area contributed by atoms with Gasteiger partial charge in [0.1, 0.15) is 5.69 Å². The number of hydrogen-bond acceptors (Lipinski definition) is 4. The van der Waals surface area contributed by atoms with E-state index in [1.165, 1.54) is 24.4 Å². The highest BCUT2D eigenvalue weighted by molar-refractivity contribution is 5.92. The fourth-order valence-corrected chi connectivity index (χ4v) is 2.51. The molecule has 28 heavy (non-hydrogen) atoms. The first kappa shape index (κ1) is 19.3. The zero-order valence-electron chi connectivity index (χ0n) is 14.9. The third kappa shape index (κ3) is 4.85. The van der Waals surface area contributed by atoms with Crippen LogP contribution in [0.4, 0.5) is 24.8 Å². The summed E-state index contributed by atoms with van der Waals surface area (Å²) in [6, 6.07) is 15.2. The van der Waals surface area contributed by atoms with Crippen LogP contribution in [-0.2, 0) is 6.18 Å². The Labute approximate surface area is 159 Å². The fourth-order valence-electron chi connectivity index (χ4n) is 2.51. The van der Waals surface area contributed by atoms with Crippen molar-refractivity contribution in [3.8, 4) is 0 Å². The van der Waals surface area contributed by atoms with Gasteiger partial charge in [-0.3, -0.25) is 4.79 Å². The molecular formula is C20H17F3N4O. The van der Waals surface area contributed by atoms with Gasteiger partial charge in [0.2, 0.25) is 5.95 Å². The Morgan fingerprint density at radius 2 is 1.68 bits per heavy atom. The van der Waals surface area contributed by atoms with Crippen molar-refractivity contribution in [1.29, 1.82) is 0 Å². The Bertz CT molecular complexity index is 944. The second-order valence-corrected chi connectivity index (χ2v) is 6.07. The largest absolute Gasteiger partial charge is 0.416 e. The van der Waals surface area contributed by atoms with Crippen LogP contribution in [0.3, 0.4) is 0 Å². The lowest BCUT2D eigenvalue weighted by atomic mass is 10.1. The van der Waals surface area contributed by atoms with Gasteiger partial charge in [0, 0.05) is 11.9 Å². The molecule has 2 N–H and O–H groups in total. The molecule has 0 bridgehead atoms. The number of amides is 1. The van der Waals surface area contributed by atoms with Crippen LogP contribution in [0.15, 0.2) is 66.9 Å². The fraction of sp³-hybridized carbons (Fsp3) is 0.150. The molecule has 0 saturated carbocycles. The van der Waals surface area contributed by atoms with Crippen LogP contribution in [-0.4, -0.2) is 15.9 Å². The smallest absolute Gasteiger partial charge is 0.344 e. The Morgan fingerprint density at radius 3 is 2.32 bits per heavy atom. The molecule has 3 aromatic rings. The zero-order valence-corrected chi connectivity index (χ0v) is 14.9. The van der Waals surface area contributed by atoms with E-state index in [1.807, 2.05) is 37.3 Å². The summed E-state index contributed by atoms with van der Waals surface area (Å²) in [5.41, 5.74) is 0.727. The van der Waals surface area contributed by atoms with E-state index < -0.39 is 11.7 Å². The van der Waals surface area contributed by atoms with Gasteiger partial charge in [-0.15, -0.1) is 0 Å². The Morgan fingerprint density at radius 1 is 1.00 bits per heavy atom. The molecule has 1 amide bonds. The van der Waals surface area contributed by atoms with Crippen molar-refractivity contribution in [1.82, 2.24) is 15.3 Å². The van der Waals surface area contributed by atoms with Gasteiger partial charge in [0.15, 0.2) is 0 Å². The van der Waals surface area contributed by atoms with Crippen molar-refractivity contribution in [3.63, 3.8) is 0 Å². The standard InChI is InChI=1S/C20H17F3N4O/c1-13(14-5-3-2-4-6-14)25-18(28)17-11-12-24-19(27-17)26-16-9-7-15(8-10-16)20(21,22)23/h2-13H,1H3,(H,25,28)(H,24,26,27). The predicted octanol–water partition coefficient (Wildman–Crippen LogP) is 4.73. The van der Waals surface area contributed by atoms with Crippen molar-refractivity contribution in [2.24, 2.45) is 0 Å². The lowest BCUT2D eigenvalue weighted by molar-refractivity contribution is -0.137. The number of carbonyl (C=O) groups is 1. The molecule has 0 saturated heterocycles. The van der Waals surface area contributed by atoms with Crippen LogP contribution in [0.25, 0.3) is 0 Å². The van der Waals surface area contributed by atoms with E-state index in [4.69, 9.17) is 0 Å². The molecule has 0 spiro atoms. The third-order valence-corrected chi connectivity index (χ3v) is 4.00. The molecule has 0 aliphatic carbocycles. The molecule has 1 unspecified atom stereocenters. The van der Waals surface area contributed by atoms with Gasteiger partial charge in [0.25, 0.3) is 5.91 Å². The number of rotatable bonds is 5. The number of halogens is 3. The van der Waals surface area contributed by atoms with Crippen LogP contribution in [0.5, 0.6) is 0 Å². The Balaban J connectivity index is 1.69. The SMILES string of the molecule is CC(NC(=O)c1ccnc(Nc2ccc(C(F)(F)F)cc2)n1)c1ccccc1. The number of aromatic nitrogens is 2. The molecule has 0 aliphatic rings. The summed E-state index contributed by atoms with van der Waals surface area (Å²) in [5, 5.41) is 5.64. The number of hydrogen-bond donors (Lipinski definition) is 2. The Hall–Kier alpha value is -3.42. The quantitative estimate of drug-likeness (QED) is 0.665. The molecule has 0 aliphatic heterocycles. The van der Waals surface area contributed by atoms with E-state index in [-0.39, 0.29) is 23.6 Å². The van der Waals surface area contributed by atoms with Gasteiger partial charge in [-0.05, 0) is 42.8 Å². The molecule has 0 radical (unpaired) electrons. The summed E-state index contributed by atoms with van der Waals surface area (Å²) in [5.74, 6) is -0.269. The summed E-state index contributed by atoms with van der Waals surface area (Å²) < 4.78 is 37.9. The maximum absolute atomic E-state index is 12.6. The summed E-state index contributed by atoms with van der Waals surface area (Å²) in [6.07, 6.45) is -3.00. The molecule has 5 nitrogen and oxygen atoms in total. The van der Waals surface area contributed by atoms with E-state index in [0.717, 1.165) is 17.7 Å². The lowest BCUT2D eigenvalue weighted by Gasteiger charge is -2.14. The van der Waals surface area contributed by atoms with E-state index >= 15 is 0 Å². The van der Waals surface area contributed by atoms with Gasteiger partial charge < -0.3 is 10.6 Å². The summed E-state index contributed by atoms with van der Waals surface area (Å²) >= 11 is 0. The highest BCUT2D eigenvalue weighted by Gasteiger charge is 2.29. The topological polar surface area (TPSA) is 66.9 Å². The maximum Gasteiger partial charge on any atom is 0.416 e. The van der Waals surface area contributed by atoms with Gasteiger partial charge in [-0.2, -0.15) is 13.2 Å². The van der Waals surface area contributed by atoms with E-state index in [9.17, 15) is 18.0 Å². The van der Waals surface area contributed by atoms with E-state index in [1.54, 1.807) is 0 Å². The number of carbonyl (C=O) groups excluding carboxylic acids is 1. The monoisotopic (exact) mass is 386 g/mol. The van der Waals surface area contributed by atoms with Crippen molar-refractivity contribution in [3.05, 3.63) is 83.7 Å². The minimum atomic E-state index is -4.40. The minimum absolute atomic E-state index is 0.111. The molecule has 144 valence electrons. The summed E-state index contributed by atoms with van der Waals surface area (Å²) in [6.45, 7) is 1.86. The minimum Gasteiger partial charge on any atom is -0.344 e. The number of nitrogens with one attached hydrogen (secondary N) is 2. The van der Waals surface area contributed by atoms with Gasteiger partial charge in [-0.25, -0.2) is 9.97 Å². The number of nitrogens with zero attached hydrogens (tertiary/aromatic N) is 2. The molecule has 1 heterocycles. The van der Waals surface area contributed by atoms with E-state index in [2.05, 4.69) is 20.6 Å². The normalized spacial score (nSPS) is 12.3. The van der Waals surface area contributed by atoms with E-state index in [0.29, 0.717) is 5.69 Å². The lowest BCUT2D eigenvalue weighted by Crippen LogP contribution is -2.27. The number of benzene rings is 2. The number of alkyl halides is 3. The highest BCUT2D eigenvalue weighted by Crippen LogP contribution is 2.30. The Kier molecular flexibility index (Phi) is 5.58. The molecule has 1 atom stereocenters. The van der Waals surface area contributed by atoms with Crippen LogP contribution in [0.2, 0.25) is 0 Å². The second kappa shape index (κ2) is 8.08. The van der Waals surface area contributed by atoms with Crippen molar-refractivity contribution in [2.75, 3.05) is 5.32 Å². The maximum atomic E-state index is 12.6. The first-order valence-electron chi connectivity index (χ1n) is 8.46. The third-order valence-electron chi connectivity index (χ3n) is 4.00. The van der Waals surface area contributed by atoms with Crippen LogP contribution < -0.4 is 10.6 Å². The summed E-state index contributed by atoms with van der Waals surface area (Å²) in [7, 11) is 0. The first-order chi connectivity index (χ1) is 13.3.